The zero-order valence-electron chi connectivity index (χ0n) is 15.1. The zero-order chi connectivity index (χ0) is 18.6. The van der Waals surface area contributed by atoms with Crippen LogP contribution in [0.4, 0.5) is 0 Å². The van der Waals surface area contributed by atoms with E-state index in [-0.39, 0.29) is 16.8 Å². The Kier molecular flexibility index (Phi) is 7.05. The second kappa shape index (κ2) is 8.64. The van der Waals surface area contributed by atoms with Gasteiger partial charge in [0.2, 0.25) is 10.0 Å². The molecule has 1 aromatic carbocycles. The summed E-state index contributed by atoms with van der Waals surface area (Å²) in [6.07, 6.45) is 4.18. The van der Waals surface area contributed by atoms with Gasteiger partial charge in [0.25, 0.3) is 5.91 Å². The van der Waals surface area contributed by atoms with Crippen molar-refractivity contribution in [3.63, 3.8) is 0 Å². The smallest absolute Gasteiger partial charge is 0.252 e. The molecule has 1 aliphatic rings. The van der Waals surface area contributed by atoms with Crippen molar-refractivity contribution in [2.75, 3.05) is 13.1 Å². The molecule has 140 valence electrons. The van der Waals surface area contributed by atoms with Crippen LogP contribution in [0.5, 0.6) is 0 Å². The summed E-state index contributed by atoms with van der Waals surface area (Å²) in [4.78, 5) is 12.8. The largest absolute Gasteiger partial charge is 0.349 e. The number of hydrogen-bond donors (Lipinski definition) is 1. The summed E-state index contributed by atoms with van der Waals surface area (Å²) < 4.78 is 27.4. The maximum absolute atomic E-state index is 12.7. The molecule has 25 heavy (non-hydrogen) atoms. The van der Waals surface area contributed by atoms with Gasteiger partial charge in [-0.15, -0.1) is 0 Å². The van der Waals surface area contributed by atoms with Gasteiger partial charge in [0, 0.05) is 23.6 Å². The number of carbonyl (C=O) groups excluding carboxylic acids is 1. The van der Waals surface area contributed by atoms with Crippen molar-refractivity contribution in [2.45, 2.75) is 57.4 Å². The molecule has 1 fully saturated rings. The van der Waals surface area contributed by atoms with Gasteiger partial charge < -0.3 is 5.32 Å². The molecule has 1 N–H and O–H groups in total. The van der Waals surface area contributed by atoms with Crippen LogP contribution < -0.4 is 5.32 Å². The van der Waals surface area contributed by atoms with Gasteiger partial charge in [0.15, 0.2) is 0 Å². The third-order valence-corrected chi connectivity index (χ3v) is 7.61. The predicted molar refractivity (Wildman–Crippen MR) is 103 cm³/mol. The number of carbonyl (C=O) groups is 1. The van der Waals surface area contributed by atoms with Crippen molar-refractivity contribution in [2.24, 2.45) is 5.92 Å². The Hall–Kier alpha value is -0.920. The SMILES string of the molecule is CCN(CC)S(=O)(=O)c1ccc(Br)c(C(=O)NC2CCC(C)CC2)c1. The maximum Gasteiger partial charge on any atom is 0.252 e. The van der Waals surface area contributed by atoms with Gasteiger partial charge in [-0.1, -0.05) is 20.8 Å². The third-order valence-electron chi connectivity index (χ3n) is 4.88. The van der Waals surface area contributed by atoms with Crippen LogP contribution in [0.25, 0.3) is 0 Å². The summed E-state index contributed by atoms with van der Waals surface area (Å²) in [6, 6.07) is 4.81. The summed E-state index contributed by atoms with van der Waals surface area (Å²) in [5.41, 5.74) is 0.367. The first kappa shape index (κ1) is 20.4. The molecule has 7 heteroatoms. The molecular formula is C18H27BrN2O3S. The molecule has 5 nitrogen and oxygen atoms in total. The van der Waals surface area contributed by atoms with E-state index in [1.165, 1.54) is 16.4 Å². The Morgan fingerprint density at radius 2 is 1.80 bits per heavy atom. The third kappa shape index (κ3) is 4.83. The molecular weight excluding hydrogens is 404 g/mol. The first-order valence-corrected chi connectivity index (χ1v) is 11.1. The van der Waals surface area contributed by atoms with Crippen LogP contribution in [0.15, 0.2) is 27.6 Å². The van der Waals surface area contributed by atoms with E-state index in [4.69, 9.17) is 0 Å². The standard InChI is InChI=1S/C18H27BrN2O3S/c1-4-21(5-2)25(23,24)15-10-11-17(19)16(12-15)18(22)20-14-8-6-13(3)7-9-14/h10-14H,4-9H2,1-3H3,(H,20,22). The zero-order valence-corrected chi connectivity index (χ0v) is 17.5. The first-order valence-electron chi connectivity index (χ1n) is 8.90. The van der Waals surface area contributed by atoms with Crippen molar-refractivity contribution >= 4 is 31.9 Å². The second-order valence-electron chi connectivity index (χ2n) is 6.66. The number of amides is 1. The highest BCUT2D eigenvalue weighted by atomic mass is 79.9. The average molecular weight is 431 g/mol. The minimum atomic E-state index is -3.58. The maximum atomic E-state index is 12.7. The Bertz CT molecular complexity index is 709. The number of hydrogen-bond acceptors (Lipinski definition) is 3. The summed E-state index contributed by atoms with van der Waals surface area (Å²) in [5, 5.41) is 3.06. The number of sulfonamides is 1. The number of benzene rings is 1. The van der Waals surface area contributed by atoms with Crippen LogP contribution in [0.2, 0.25) is 0 Å². The number of nitrogens with zero attached hydrogens (tertiary/aromatic N) is 1. The van der Waals surface area contributed by atoms with Crippen molar-refractivity contribution in [3.8, 4) is 0 Å². The van der Waals surface area contributed by atoms with Crippen LogP contribution in [0.3, 0.4) is 0 Å². The van der Waals surface area contributed by atoms with Gasteiger partial charge >= 0.3 is 0 Å². The van der Waals surface area contributed by atoms with Crippen molar-refractivity contribution in [1.82, 2.24) is 9.62 Å². The van der Waals surface area contributed by atoms with Gasteiger partial charge in [-0.25, -0.2) is 8.42 Å². The van der Waals surface area contributed by atoms with Crippen molar-refractivity contribution in [3.05, 3.63) is 28.2 Å². The fraction of sp³-hybridized carbons (Fsp3) is 0.611. The van der Waals surface area contributed by atoms with Crippen LogP contribution in [0, 0.1) is 5.92 Å². The number of rotatable bonds is 6. The number of halogens is 1. The molecule has 0 aliphatic heterocycles. The molecule has 0 unspecified atom stereocenters. The molecule has 2 rings (SSSR count). The Morgan fingerprint density at radius 3 is 2.36 bits per heavy atom. The van der Waals surface area contributed by atoms with E-state index in [1.54, 1.807) is 19.9 Å². The molecule has 0 atom stereocenters. The van der Waals surface area contributed by atoms with Crippen LogP contribution >= 0.6 is 15.9 Å². The summed E-state index contributed by atoms with van der Waals surface area (Å²) >= 11 is 3.37. The average Bonchev–Trinajstić information content (AvgIpc) is 2.58. The monoisotopic (exact) mass is 430 g/mol. The second-order valence-corrected chi connectivity index (χ2v) is 9.45. The minimum Gasteiger partial charge on any atom is -0.349 e. The van der Waals surface area contributed by atoms with Crippen LogP contribution in [-0.4, -0.2) is 37.8 Å². The highest BCUT2D eigenvalue weighted by molar-refractivity contribution is 9.10. The molecule has 1 aliphatic carbocycles. The highest BCUT2D eigenvalue weighted by Crippen LogP contribution is 2.26. The Balaban J connectivity index is 2.22. The molecule has 0 spiro atoms. The lowest BCUT2D eigenvalue weighted by atomic mass is 9.87. The van der Waals surface area contributed by atoms with E-state index in [2.05, 4.69) is 28.2 Å². The highest BCUT2D eigenvalue weighted by Gasteiger charge is 2.25. The van der Waals surface area contributed by atoms with E-state index in [0.717, 1.165) is 25.7 Å². The Morgan fingerprint density at radius 1 is 1.20 bits per heavy atom. The fourth-order valence-corrected chi connectivity index (χ4v) is 5.13. The molecule has 1 aromatic rings. The molecule has 1 amide bonds. The topological polar surface area (TPSA) is 66.5 Å². The molecule has 0 bridgehead atoms. The normalized spacial score (nSPS) is 21.3. The lowest BCUT2D eigenvalue weighted by Crippen LogP contribution is -2.37. The first-order chi connectivity index (χ1) is 11.8. The summed E-state index contributed by atoms with van der Waals surface area (Å²) in [5.74, 6) is 0.491. The number of nitrogens with one attached hydrogen (secondary N) is 1. The Labute approximate surface area is 159 Å². The van der Waals surface area contributed by atoms with E-state index < -0.39 is 10.0 Å². The minimum absolute atomic E-state index is 0.154. The van der Waals surface area contributed by atoms with E-state index >= 15 is 0 Å². The molecule has 1 saturated carbocycles. The van der Waals surface area contributed by atoms with E-state index in [9.17, 15) is 13.2 Å². The van der Waals surface area contributed by atoms with Crippen molar-refractivity contribution < 1.29 is 13.2 Å². The summed E-state index contributed by atoms with van der Waals surface area (Å²) in [6.45, 7) is 6.64. The van der Waals surface area contributed by atoms with Gasteiger partial charge in [-0.3, -0.25) is 4.79 Å². The molecule has 0 heterocycles. The fourth-order valence-electron chi connectivity index (χ4n) is 3.22. The predicted octanol–water partition coefficient (Wildman–Crippen LogP) is 3.79. The van der Waals surface area contributed by atoms with Gasteiger partial charge in [-0.2, -0.15) is 4.31 Å². The van der Waals surface area contributed by atoms with E-state index in [0.29, 0.717) is 29.0 Å². The summed E-state index contributed by atoms with van der Waals surface area (Å²) in [7, 11) is -3.58. The lowest BCUT2D eigenvalue weighted by Gasteiger charge is -2.27. The lowest BCUT2D eigenvalue weighted by molar-refractivity contribution is 0.0922. The molecule has 0 radical (unpaired) electrons. The molecule has 0 aromatic heterocycles. The van der Waals surface area contributed by atoms with Gasteiger partial charge in [0.05, 0.1) is 10.5 Å². The van der Waals surface area contributed by atoms with Crippen LogP contribution in [-0.2, 0) is 10.0 Å². The van der Waals surface area contributed by atoms with Crippen molar-refractivity contribution in [1.29, 1.82) is 0 Å². The van der Waals surface area contributed by atoms with Gasteiger partial charge in [-0.05, 0) is 65.7 Å². The van der Waals surface area contributed by atoms with E-state index in [1.807, 2.05) is 0 Å². The molecule has 0 saturated heterocycles. The van der Waals surface area contributed by atoms with Crippen LogP contribution in [0.1, 0.15) is 56.8 Å². The quantitative estimate of drug-likeness (QED) is 0.746. The van der Waals surface area contributed by atoms with Gasteiger partial charge in [0.1, 0.15) is 0 Å².